The first-order chi connectivity index (χ1) is 7.91. The molecular formula is C11H25NO4. The topological polar surface area (TPSA) is 70.8 Å². The van der Waals surface area contributed by atoms with E-state index in [4.69, 9.17) is 14.2 Å². The van der Waals surface area contributed by atoms with Crippen molar-refractivity contribution in [3.05, 3.63) is 0 Å². The van der Waals surface area contributed by atoms with E-state index in [-0.39, 0.29) is 6.61 Å². The van der Waals surface area contributed by atoms with Crippen molar-refractivity contribution in [1.29, 1.82) is 0 Å². The minimum absolute atomic E-state index is 0.188. The van der Waals surface area contributed by atoms with Crippen LogP contribution in [0.15, 0.2) is 0 Å². The largest absolute Gasteiger partial charge is 0.385 e. The summed E-state index contributed by atoms with van der Waals surface area (Å²) in [6.07, 6.45) is 3.67. The van der Waals surface area contributed by atoms with Crippen molar-refractivity contribution in [3.63, 3.8) is 0 Å². The van der Waals surface area contributed by atoms with Crippen molar-refractivity contribution in [1.82, 2.24) is 0 Å². The van der Waals surface area contributed by atoms with Crippen LogP contribution in [-0.2, 0) is 19.0 Å². The van der Waals surface area contributed by atoms with E-state index in [1.54, 1.807) is 7.11 Å². The van der Waals surface area contributed by atoms with E-state index in [0.29, 0.717) is 13.2 Å². The Bertz CT molecular complexity index is 123. The van der Waals surface area contributed by atoms with Crippen molar-refractivity contribution < 1.29 is 19.0 Å². The third-order valence-corrected chi connectivity index (χ3v) is 1.65. The molecule has 5 nitrogen and oxygen atoms in total. The van der Waals surface area contributed by atoms with Crippen LogP contribution in [0.3, 0.4) is 0 Å². The van der Waals surface area contributed by atoms with Crippen LogP contribution in [0.2, 0.25) is 0 Å². The highest BCUT2D eigenvalue weighted by Crippen LogP contribution is 1.92. The lowest BCUT2D eigenvalue weighted by atomic mass is 10.3. The molecule has 0 saturated carbocycles. The van der Waals surface area contributed by atoms with Crippen molar-refractivity contribution in [2.75, 3.05) is 47.2 Å². The Labute approximate surface area is 98.2 Å². The molecule has 0 radical (unpaired) electrons. The molecule has 0 rings (SSSR count). The van der Waals surface area contributed by atoms with Crippen LogP contribution in [0, 0.1) is 0 Å². The molecule has 0 aliphatic heterocycles. The number of unbranched alkanes of at least 4 members (excludes halogenated alkanes) is 1. The van der Waals surface area contributed by atoms with Gasteiger partial charge in [0, 0.05) is 33.5 Å². The average Bonchev–Trinajstić information content (AvgIpc) is 2.34. The van der Waals surface area contributed by atoms with E-state index in [9.17, 15) is 4.79 Å². The van der Waals surface area contributed by atoms with Crippen molar-refractivity contribution >= 4 is 6.29 Å². The number of hydrogen-bond donors (Lipinski definition) is 1. The molecule has 0 aromatic carbocycles. The van der Waals surface area contributed by atoms with Gasteiger partial charge in [-0.15, -0.1) is 0 Å². The first kappa shape index (κ1) is 17.9. The Morgan fingerprint density at radius 2 is 1.50 bits per heavy atom. The zero-order chi connectivity index (χ0) is 12.5. The summed E-state index contributed by atoms with van der Waals surface area (Å²) in [5, 5.41) is 0. The van der Waals surface area contributed by atoms with Crippen molar-refractivity contribution in [3.8, 4) is 0 Å². The Morgan fingerprint density at radius 3 is 2.12 bits per heavy atom. The summed E-state index contributed by atoms with van der Waals surface area (Å²) >= 11 is 0. The maximum Gasteiger partial charge on any atom is 0.145 e. The quantitative estimate of drug-likeness (QED) is 0.420. The molecule has 98 valence electrons. The monoisotopic (exact) mass is 235 g/mol. The summed E-state index contributed by atoms with van der Waals surface area (Å²) in [4.78, 5) is 9.87. The number of methoxy groups -OCH3 is 1. The van der Waals surface area contributed by atoms with Gasteiger partial charge in [0.1, 0.15) is 12.9 Å². The molecule has 5 heteroatoms. The number of aldehydes is 1. The van der Waals surface area contributed by atoms with Crippen LogP contribution < -0.4 is 5.73 Å². The van der Waals surface area contributed by atoms with Crippen LogP contribution in [0.5, 0.6) is 0 Å². The molecule has 0 aliphatic carbocycles. The molecule has 0 aliphatic rings. The standard InChI is InChI=1S/C10H20O4.CH5N/c1-12-6-2-3-7-13-8-4-9-14-10-5-11;1-2/h5H,2-4,6-10H2,1H3;2H2,1H3. The van der Waals surface area contributed by atoms with E-state index in [1.165, 1.54) is 7.05 Å². The van der Waals surface area contributed by atoms with Gasteiger partial charge < -0.3 is 24.7 Å². The maximum atomic E-state index is 9.87. The minimum atomic E-state index is 0.188. The summed E-state index contributed by atoms with van der Waals surface area (Å²) in [5.74, 6) is 0. The van der Waals surface area contributed by atoms with E-state index in [0.717, 1.165) is 38.8 Å². The predicted molar refractivity (Wildman–Crippen MR) is 63.5 cm³/mol. The predicted octanol–water partition coefficient (Wildman–Crippen LogP) is 0.610. The van der Waals surface area contributed by atoms with Crippen LogP contribution in [0.1, 0.15) is 19.3 Å². The number of hydrogen-bond acceptors (Lipinski definition) is 5. The molecule has 0 amide bonds. The highest BCUT2D eigenvalue weighted by molar-refractivity contribution is 5.50. The van der Waals surface area contributed by atoms with Crippen LogP contribution in [-0.4, -0.2) is 53.5 Å². The molecule has 0 heterocycles. The van der Waals surface area contributed by atoms with Gasteiger partial charge in [-0.25, -0.2) is 0 Å². The zero-order valence-corrected chi connectivity index (χ0v) is 10.4. The number of carbonyl (C=O) groups excluding carboxylic acids is 1. The van der Waals surface area contributed by atoms with Gasteiger partial charge in [-0.2, -0.15) is 0 Å². The molecule has 0 fully saturated rings. The molecule has 0 unspecified atom stereocenters. The fourth-order valence-electron chi connectivity index (χ4n) is 0.947. The van der Waals surface area contributed by atoms with Crippen LogP contribution in [0.4, 0.5) is 0 Å². The van der Waals surface area contributed by atoms with Gasteiger partial charge in [-0.1, -0.05) is 0 Å². The molecular weight excluding hydrogens is 210 g/mol. The highest BCUT2D eigenvalue weighted by Gasteiger charge is 1.91. The normalized spacial score (nSPS) is 9.44. The summed E-state index contributed by atoms with van der Waals surface area (Å²) in [7, 11) is 3.20. The average molecular weight is 235 g/mol. The van der Waals surface area contributed by atoms with E-state index >= 15 is 0 Å². The lowest BCUT2D eigenvalue weighted by molar-refractivity contribution is -0.112. The second-order valence-electron chi connectivity index (χ2n) is 2.91. The Hall–Kier alpha value is -0.490. The summed E-state index contributed by atoms with van der Waals surface area (Å²) in [6, 6.07) is 0. The number of carbonyl (C=O) groups is 1. The smallest absolute Gasteiger partial charge is 0.145 e. The van der Waals surface area contributed by atoms with Gasteiger partial charge in [0.15, 0.2) is 0 Å². The Morgan fingerprint density at radius 1 is 0.938 bits per heavy atom. The summed E-state index contributed by atoms with van der Waals surface area (Å²) in [6.45, 7) is 3.05. The molecule has 0 atom stereocenters. The van der Waals surface area contributed by atoms with Crippen molar-refractivity contribution in [2.45, 2.75) is 19.3 Å². The number of ether oxygens (including phenoxy) is 3. The van der Waals surface area contributed by atoms with E-state index in [1.807, 2.05) is 0 Å². The summed E-state index contributed by atoms with van der Waals surface area (Å²) < 4.78 is 15.2. The first-order valence-electron chi connectivity index (χ1n) is 5.57. The Balaban J connectivity index is 0. The highest BCUT2D eigenvalue weighted by atomic mass is 16.5. The van der Waals surface area contributed by atoms with Crippen LogP contribution >= 0.6 is 0 Å². The zero-order valence-electron chi connectivity index (χ0n) is 10.4. The van der Waals surface area contributed by atoms with Crippen molar-refractivity contribution in [2.24, 2.45) is 5.73 Å². The van der Waals surface area contributed by atoms with E-state index < -0.39 is 0 Å². The van der Waals surface area contributed by atoms with Gasteiger partial charge >= 0.3 is 0 Å². The fourth-order valence-corrected chi connectivity index (χ4v) is 0.947. The molecule has 16 heavy (non-hydrogen) atoms. The van der Waals surface area contributed by atoms with Gasteiger partial charge in [0.2, 0.25) is 0 Å². The SMILES string of the molecule is CN.COCCCCOCCCOCC=O. The van der Waals surface area contributed by atoms with Gasteiger partial charge in [0.25, 0.3) is 0 Å². The Kier molecular flexibility index (Phi) is 22.4. The van der Waals surface area contributed by atoms with E-state index in [2.05, 4.69) is 5.73 Å². The molecule has 0 aromatic rings. The molecule has 0 saturated heterocycles. The third kappa shape index (κ3) is 19.1. The first-order valence-corrected chi connectivity index (χ1v) is 5.57. The number of nitrogens with two attached hydrogens (primary N) is 1. The molecule has 0 bridgehead atoms. The third-order valence-electron chi connectivity index (χ3n) is 1.65. The van der Waals surface area contributed by atoms with Gasteiger partial charge in [0.05, 0.1) is 0 Å². The second-order valence-corrected chi connectivity index (χ2v) is 2.91. The maximum absolute atomic E-state index is 9.87. The molecule has 2 N–H and O–H groups in total. The summed E-state index contributed by atoms with van der Waals surface area (Å²) in [5.41, 5.74) is 4.50. The fraction of sp³-hybridized carbons (Fsp3) is 0.909. The van der Waals surface area contributed by atoms with Gasteiger partial charge in [-0.05, 0) is 26.3 Å². The minimum Gasteiger partial charge on any atom is -0.385 e. The lowest BCUT2D eigenvalue weighted by Gasteiger charge is -2.03. The molecule has 0 spiro atoms. The van der Waals surface area contributed by atoms with Crippen LogP contribution in [0.25, 0.3) is 0 Å². The molecule has 0 aromatic heterocycles. The lowest BCUT2D eigenvalue weighted by Crippen LogP contribution is -2.04. The second kappa shape index (κ2) is 20.0. The number of rotatable bonds is 11. The van der Waals surface area contributed by atoms with Gasteiger partial charge in [-0.3, -0.25) is 0 Å².